The molecule has 0 aliphatic carbocycles. The fourth-order valence-electron chi connectivity index (χ4n) is 3.41. The minimum absolute atomic E-state index is 0.0693. The largest absolute Gasteiger partial charge is 0.477 e. The highest BCUT2D eigenvalue weighted by atomic mass is 32.1. The number of nitrogens with one attached hydrogen (secondary N) is 1. The van der Waals surface area contributed by atoms with Gasteiger partial charge in [-0.3, -0.25) is 14.4 Å². The molecular formula is C21H27N3O4S. The van der Waals surface area contributed by atoms with E-state index in [9.17, 15) is 14.4 Å². The summed E-state index contributed by atoms with van der Waals surface area (Å²) >= 11 is 1.13. The van der Waals surface area contributed by atoms with E-state index in [4.69, 9.17) is 4.74 Å². The number of carbonyl (C=O) groups excluding carboxylic acids is 2. The molecule has 2 aromatic rings. The van der Waals surface area contributed by atoms with Crippen LogP contribution in [0, 0.1) is 6.92 Å². The Morgan fingerprint density at radius 1 is 1.28 bits per heavy atom. The molecule has 0 fully saturated rings. The van der Waals surface area contributed by atoms with Crippen molar-refractivity contribution in [3.63, 3.8) is 0 Å². The van der Waals surface area contributed by atoms with Gasteiger partial charge in [0.25, 0.3) is 5.91 Å². The van der Waals surface area contributed by atoms with Crippen LogP contribution in [0.25, 0.3) is 0 Å². The molecule has 1 unspecified atom stereocenters. The van der Waals surface area contributed by atoms with Crippen molar-refractivity contribution in [3.8, 4) is 5.75 Å². The fourth-order valence-corrected chi connectivity index (χ4v) is 4.17. The zero-order chi connectivity index (χ0) is 21.0. The summed E-state index contributed by atoms with van der Waals surface area (Å²) in [6, 6.07) is 7.31. The monoisotopic (exact) mass is 417 g/mol. The normalized spacial score (nSPS) is 15.7. The number of hydrogen-bond donors (Lipinski definition) is 1. The van der Waals surface area contributed by atoms with Crippen LogP contribution in [0.3, 0.4) is 0 Å². The second-order valence-corrected chi connectivity index (χ2v) is 7.97. The standard InChI is InChI=1S/C21H27N3O4S/c1-4-15(5-2)22-20(26)18-12-24(16-8-6-7-9-17(16)28-18)19(25)10-11-23-14(3)13-29-21(23)27/h6-9,13,15,18H,4-5,10-12H2,1-3H3,(H,22,26). The van der Waals surface area contributed by atoms with Gasteiger partial charge in [-0.25, -0.2) is 0 Å². The van der Waals surface area contributed by atoms with E-state index in [0.717, 1.165) is 29.9 Å². The van der Waals surface area contributed by atoms with E-state index in [1.807, 2.05) is 39.0 Å². The summed E-state index contributed by atoms with van der Waals surface area (Å²) in [4.78, 5) is 39.2. The Kier molecular flexibility index (Phi) is 6.74. The summed E-state index contributed by atoms with van der Waals surface area (Å²) in [7, 11) is 0. The lowest BCUT2D eigenvalue weighted by Gasteiger charge is -2.34. The molecule has 2 amide bonds. The number of thiazole rings is 1. The highest BCUT2D eigenvalue weighted by Gasteiger charge is 2.34. The quantitative estimate of drug-likeness (QED) is 0.751. The number of hydrogen-bond acceptors (Lipinski definition) is 5. The summed E-state index contributed by atoms with van der Waals surface area (Å²) in [5.41, 5.74) is 1.50. The van der Waals surface area contributed by atoms with E-state index >= 15 is 0 Å². The second-order valence-electron chi connectivity index (χ2n) is 7.15. The third kappa shape index (κ3) is 4.70. The first-order valence-electron chi connectivity index (χ1n) is 9.95. The van der Waals surface area contributed by atoms with Crippen molar-refractivity contribution in [1.29, 1.82) is 0 Å². The van der Waals surface area contributed by atoms with Crippen LogP contribution in [0.15, 0.2) is 34.4 Å². The smallest absolute Gasteiger partial charge is 0.307 e. The summed E-state index contributed by atoms with van der Waals surface area (Å²) in [5.74, 6) is 0.162. The lowest BCUT2D eigenvalue weighted by molar-refractivity contribution is -0.129. The Morgan fingerprint density at radius 3 is 2.66 bits per heavy atom. The Hall–Kier alpha value is -2.61. The SMILES string of the molecule is CCC(CC)NC(=O)C1CN(C(=O)CCn2c(C)csc2=O)c2ccccc2O1. The van der Waals surface area contributed by atoms with Gasteiger partial charge in [0.15, 0.2) is 6.10 Å². The van der Waals surface area contributed by atoms with Crippen molar-refractivity contribution in [2.45, 2.75) is 58.7 Å². The Labute approximate surface area is 174 Å². The highest BCUT2D eigenvalue weighted by molar-refractivity contribution is 7.07. The van der Waals surface area contributed by atoms with E-state index in [2.05, 4.69) is 5.32 Å². The molecule has 7 nitrogen and oxygen atoms in total. The van der Waals surface area contributed by atoms with Crippen molar-refractivity contribution in [2.24, 2.45) is 0 Å². The first kappa shape index (κ1) is 21.1. The average Bonchev–Trinajstić information content (AvgIpc) is 3.06. The lowest BCUT2D eigenvalue weighted by atomic mass is 10.1. The molecule has 2 heterocycles. The molecule has 1 aliphatic heterocycles. The Bertz CT molecular complexity index is 932. The van der Waals surface area contributed by atoms with Crippen LogP contribution in [0.5, 0.6) is 5.75 Å². The molecule has 0 radical (unpaired) electrons. The van der Waals surface area contributed by atoms with Gasteiger partial charge in [0, 0.05) is 30.1 Å². The van der Waals surface area contributed by atoms with Gasteiger partial charge in [-0.2, -0.15) is 0 Å². The first-order chi connectivity index (χ1) is 13.9. The third-order valence-electron chi connectivity index (χ3n) is 5.22. The highest BCUT2D eigenvalue weighted by Crippen LogP contribution is 2.33. The van der Waals surface area contributed by atoms with Gasteiger partial charge < -0.3 is 19.5 Å². The van der Waals surface area contributed by atoms with Crippen molar-refractivity contribution >= 4 is 28.8 Å². The van der Waals surface area contributed by atoms with Crippen LogP contribution in [-0.4, -0.2) is 35.1 Å². The number of ether oxygens (including phenoxy) is 1. The summed E-state index contributed by atoms with van der Waals surface area (Å²) < 4.78 is 7.50. The van der Waals surface area contributed by atoms with Crippen molar-refractivity contribution < 1.29 is 14.3 Å². The number of benzene rings is 1. The number of aromatic nitrogens is 1. The number of anilines is 1. The predicted molar refractivity (Wildman–Crippen MR) is 114 cm³/mol. The van der Waals surface area contributed by atoms with Crippen LogP contribution in [0.2, 0.25) is 0 Å². The second kappa shape index (κ2) is 9.26. The fraction of sp³-hybridized carbons (Fsp3) is 0.476. The third-order valence-corrected chi connectivity index (χ3v) is 6.11. The van der Waals surface area contributed by atoms with Gasteiger partial charge in [-0.1, -0.05) is 37.3 Å². The van der Waals surface area contributed by atoms with E-state index in [1.165, 1.54) is 0 Å². The van der Waals surface area contributed by atoms with E-state index in [0.29, 0.717) is 18.0 Å². The molecule has 1 N–H and O–H groups in total. The van der Waals surface area contributed by atoms with Gasteiger partial charge in [0.05, 0.1) is 12.2 Å². The maximum absolute atomic E-state index is 13.0. The number of nitrogens with zero attached hydrogens (tertiary/aromatic N) is 2. The van der Waals surface area contributed by atoms with Gasteiger partial charge >= 0.3 is 4.87 Å². The van der Waals surface area contributed by atoms with Gasteiger partial charge in [-0.15, -0.1) is 0 Å². The molecule has 8 heteroatoms. The Balaban J connectivity index is 1.76. The van der Waals surface area contributed by atoms with Crippen LogP contribution in [-0.2, 0) is 16.1 Å². The van der Waals surface area contributed by atoms with Crippen LogP contribution >= 0.6 is 11.3 Å². The van der Waals surface area contributed by atoms with Gasteiger partial charge in [0.1, 0.15) is 5.75 Å². The molecule has 29 heavy (non-hydrogen) atoms. The molecule has 1 aromatic carbocycles. The van der Waals surface area contributed by atoms with Gasteiger partial charge in [0.2, 0.25) is 5.91 Å². The number of aryl methyl sites for hydroxylation is 1. The number of fused-ring (bicyclic) bond motifs is 1. The van der Waals surface area contributed by atoms with Crippen molar-refractivity contribution in [3.05, 3.63) is 45.0 Å². The summed E-state index contributed by atoms with van der Waals surface area (Å²) in [6.45, 7) is 6.37. The average molecular weight is 418 g/mol. The summed E-state index contributed by atoms with van der Waals surface area (Å²) in [5, 5.41) is 4.79. The molecule has 1 aliphatic rings. The van der Waals surface area contributed by atoms with E-state index in [1.54, 1.807) is 20.9 Å². The van der Waals surface area contributed by atoms with E-state index in [-0.39, 0.29) is 35.7 Å². The van der Waals surface area contributed by atoms with Gasteiger partial charge in [-0.05, 0) is 31.9 Å². The van der Waals surface area contributed by atoms with Crippen LogP contribution in [0.1, 0.15) is 38.8 Å². The van der Waals surface area contributed by atoms with Crippen LogP contribution in [0.4, 0.5) is 5.69 Å². The molecule has 1 atom stereocenters. The summed E-state index contributed by atoms with van der Waals surface area (Å²) in [6.07, 6.45) is 1.08. The van der Waals surface area contributed by atoms with E-state index < -0.39 is 6.10 Å². The minimum Gasteiger partial charge on any atom is -0.477 e. The zero-order valence-electron chi connectivity index (χ0n) is 17.0. The number of rotatable bonds is 7. The van der Waals surface area contributed by atoms with Crippen molar-refractivity contribution in [2.75, 3.05) is 11.4 Å². The molecular weight excluding hydrogens is 390 g/mol. The minimum atomic E-state index is -0.764. The molecule has 0 bridgehead atoms. The molecule has 0 spiro atoms. The Morgan fingerprint density at radius 2 is 2.00 bits per heavy atom. The zero-order valence-corrected chi connectivity index (χ0v) is 17.8. The number of carbonyl (C=O) groups is 2. The molecule has 156 valence electrons. The number of para-hydroxylation sites is 2. The first-order valence-corrected chi connectivity index (χ1v) is 10.8. The molecule has 1 aromatic heterocycles. The predicted octanol–water partition coefficient (Wildman–Crippen LogP) is 2.71. The molecule has 0 saturated heterocycles. The molecule has 0 saturated carbocycles. The van der Waals surface area contributed by atoms with Crippen molar-refractivity contribution in [1.82, 2.24) is 9.88 Å². The number of amides is 2. The maximum Gasteiger partial charge on any atom is 0.307 e. The lowest BCUT2D eigenvalue weighted by Crippen LogP contribution is -2.52. The van der Waals surface area contributed by atoms with Crippen LogP contribution < -0.4 is 19.8 Å². The topological polar surface area (TPSA) is 80.6 Å². The molecule has 3 rings (SSSR count). The maximum atomic E-state index is 13.0.